The molecule has 3 rings (SSSR count). The molecule has 78 valence electrons. The minimum Gasteiger partial charge on any atom is -0.289 e. The molecule has 16 heavy (non-hydrogen) atoms. The summed E-state index contributed by atoms with van der Waals surface area (Å²) in [7, 11) is 0. The molecule has 1 nitrogen and oxygen atoms in total. The van der Waals surface area contributed by atoms with Gasteiger partial charge < -0.3 is 0 Å². The van der Waals surface area contributed by atoms with Gasteiger partial charge in [-0.15, -0.1) is 0 Å². The number of hydrogen-bond acceptors (Lipinski definition) is 1. The zero-order chi connectivity index (χ0) is 11.3. The molecule has 2 aromatic carbocycles. The molecule has 1 aliphatic rings. The Balaban J connectivity index is 2.42. The van der Waals surface area contributed by atoms with Crippen molar-refractivity contribution in [1.82, 2.24) is 0 Å². The molecular formula is C15H12O. The first kappa shape index (κ1) is 9.34. The SMILES string of the molecule is Cc1cc(C)c2c(c1)-c1ccccc1C2=O. The fourth-order valence-electron chi connectivity index (χ4n) is 2.53. The van der Waals surface area contributed by atoms with Crippen LogP contribution in [-0.4, -0.2) is 5.78 Å². The van der Waals surface area contributed by atoms with Crippen molar-refractivity contribution in [2.45, 2.75) is 13.8 Å². The second kappa shape index (κ2) is 3.05. The van der Waals surface area contributed by atoms with Gasteiger partial charge in [0.1, 0.15) is 0 Å². The highest BCUT2D eigenvalue weighted by atomic mass is 16.1. The van der Waals surface area contributed by atoms with Crippen molar-refractivity contribution in [3.8, 4) is 11.1 Å². The molecule has 0 N–H and O–H groups in total. The monoisotopic (exact) mass is 208 g/mol. The maximum Gasteiger partial charge on any atom is 0.194 e. The van der Waals surface area contributed by atoms with Crippen LogP contribution in [0.5, 0.6) is 0 Å². The van der Waals surface area contributed by atoms with Gasteiger partial charge in [-0.25, -0.2) is 0 Å². The van der Waals surface area contributed by atoms with E-state index in [0.717, 1.165) is 27.8 Å². The maximum absolute atomic E-state index is 12.2. The van der Waals surface area contributed by atoms with Gasteiger partial charge in [-0.2, -0.15) is 0 Å². The number of hydrogen-bond donors (Lipinski definition) is 0. The topological polar surface area (TPSA) is 17.1 Å². The van der Waals surface area contributed by atoms with Gasteiger partial charge in [0.25, 0.3) is 0 Å². The molecule has 0 unspecified atom stereocenters. The molecule has 0 radical (unpaired) electrons. The molecule has 0 amide bonds. The van der Waals surface area contributed by atoms with Crippen molar-refractivity contribution in [3.05, 3.63) is 58.7 Å². The number of fused-ring (bicyclic) bond motifs is 3. The van der Waals surface area contributed by atoms with Crippen LogP contribution in [0.3, 0.4) is 0 Å². The number of benzene rings is 2. The van der Waals surface area contributed by atoms with Crippen LogP contribution in [0.4, 0.5) is 0 Å². The summed E-state index contributed by atoms with van der Waals surface area (Å²) in [4.78, 5) is 12.2. The second-order valence-electron chi connectivity index (χ2n) is 4.38. The lowest BCUT2D eigenvalue weighted by atomic mass is 9.99. The Morgan fingerprint density at radius 2 is 1.56 bits per heavy atom. The van der Waals surface area contributed by atoms with E-state index in [4.69, 9.17) is 0 Å². The van der Waals surface area contributed by atoms with Crippen molar-refractivity contribution >= 4 is 5.78 Å². The smallest absolute Gasteiger partial charge is 0.194 e. The van der Waals surface area contributed by atoms with Gasteiger partial charge in [-0.3, -0.25) is 4.79 Å². The number of ketones is 1. The van der Waals surface area contributed by atoms with E-state index in [2.05, 4.69) is 19.1 Å². The number of carbonyl (C=O) groups is 1. The molecular weight excluding hydrogens is 196 g/mol. The molecule has 0 fully saturated rings. The van der Waals surface area contributed by atoms with Crippen molar-refractivity contribution < 1.29 is 4.79 Å². The van der Waals surface area contributed by atoms with Crippen LogP contribution in [0, 0.1) is 13.8 Å². The Morgan fingerprint density at radius 1 is 0.875 bits per heavy atom. The first-order chi connectivity index (χ1) is 7.68. The molecule has 0 aliphatic heterocycles. The van der Waals surface area contributed by atoms with Gasteiger partial charge in [0, 0.05) is 11.1 Å². The Kier molecular flexibility index (Phi) is 1.78. The summed E-state index contributed by atoms with van der Waals surface area (Å²) in [5, 5.41) is 0. The molecule has 1 aliphatic carbocycles. The highest BCUT2D eigenvalue weighted by molar-refractivity contribution is 6.22. The van der Waals surface area contributed by atoms with Crippen LogP contribution in [0.2, 0.25) is 0 Å². The van der Waals surface area contributed by atoms with Gasteiger partial charge in [-0.05, 0) is 30.5 Å². The highest BCUT2D eigenvalue weighted by Gasteiger charge is 2.27. The molecule has 0 bridgehead atoms. The minimum absolute atomic E-state index is 0.170. The Hall–Kier alpha value is -1.89. The number of carbonyl (C=O) groups excluding carboxylic acids is 1. The standard InChI is InChI=1S/C15H12O/c1-9-7-10(2)14-13(8-9)11-5-3-4-6-12(11)15(14)16/h3-8H,1-2H3. The highest BCUT2D eigenvalue weighted by Crippen LogP contribution is 2.38. The van der Waals surface area contributed by atoms with Crippen LogP contribution in [0.25, 0.3) is 11.1 Å². The first-order valence-corrected chi connectivity index (χ1v) is 5.44. The normalized spacial score (nSPS) is 12.5. The molecule has 0 saturated heterocycles. The molecule has 0 saturated carbocycles. The largest absolute Gasteiger partial charge is 0.289 e. The predicted molar refractivity (Wildman–Crippen MR) is 64.8 cm³/mol. The summed E-state index contributed by atoms with van der Waals surface area (Å²) < 4.78 is 0. The van der Waals surface area contributed by atoms with E-state index in [1.54, 1.807) is 0 Å². The third kappa shape index (κ3) is 1.09. The average Bonchev–Trinajstić information content (AvgIpc) is 2.54. The van der Waals surface area contributed by atoms with E-state index < -0.39 is 0 Å². The summed E-state index contributed by atoms with van der Waals surface area (Å²) >= 11 is 0. The van der Waals surface area contributed by atoms with E-state index in [1.807, 2.05) is 31.2 Å². The molecule has 0 aromatic heterocycles. The fraction of sp³-hybridized carbons (Fsp3) is 0.133. The Morgan fingerprint density at radius 3 is 2.31 bits per heavy atom. The lowest BCUT2D eigenvalue weighted by Crippen LogP contribution is -1.98. The zero-order valence-corrected chi connectivity index (χ0v) is 9.37. The average molecular weight is 208 g/mol. The van der Waals surface area contributed by atoms with E-state index in [1.165, 1.54) is 5.56 Å². The summed E-state index contributed by atoms with van der Waals surface area (Å²) in [5.74, 6) is 0.170. The summed E-state index contributed by atoms with van der Waals surface area (Å²) in [5.41, 5.74) is 6.18. The van der Waals surface area contributed by atoms with Crippen LogP contribution in [0.1, 0.15) is 27.0 Å². The van der Waals surface area contributed by atoms with Crippen molar-refractivity contribution in [1.29, 1.82) is 0 Å². The van der Waals surface area contributed by atoms with Crippen LogP contribution in [0.15, 0.2) is 36.4 Å². The zero-order valence-electron chi connectivity index (χ0n) is 9.37. The van der Waals surface area contributed by atoms with E-state index in [-0.39, 0.29) is 5.78 Å². The molecule has 0 atom stereocenters. The molecule has 2 aromatic rings. The van der Waals surface area contributed by atoms with Crippen molar-refractivity contribution in [2.75, 3.05) is 0 Å². The number of rotatable bonds is 0. The van der Waals surface area contributed by atoms with E-state index in [0.29, 0.717) is 0 Å². The Labute approximate surface area is 94.7 Å². The summed E-state index contributed by atoms with van der Waals surface area (Å²) in [6.07, 6.45) is 0. The second-order valence-corrected chi connectivity index (χ2v) is 4.38. The van der Waals surface area contributed by atoms with Gasteiger partial charge in [0.2, 0.25) is 0 Å². The fourth-order valence-corrected chi connectivity index (χ4v) is 2.53. The van der Waals surface area contributed by atoms with E-state index >= 15 is 0 Å². The molecule has 1 heteroatoms. The lowest BCUT2D eigenvalue weighted by Gasteiger charge is -2.04. The summed E-state index contributed by atoms with van der Waals surface area (Å²) in [6.45, 7) is 4.08. The lowest BCUT2D eigenvalue weighted by molar-refractivity contribution is 0.104. The van der Waals surface area contributed by atoms with Gasteiger partial charge >= 0.3 is 0 Å². The summed E-state index contributed by atoms with van der Waals surface area (Å²) in [6, 6.07) is 12.0. The predicted octanol–water partition coefficient (Wildman–Crippen LogP) is 3.51. The van der Waals surface area contributed by atoms with Crippen molar-refractivity contribution in [2.24, 2.45) is 0 Å². The maximum atomic E-state index is 12.2. The van der Waals surface area contributed by atoms with Gasteiger partial charge in [-0.1, -0.05) is 42.0 Å². The Bertz CT molecular complexity index is 609. The van der Waals surface area contributed by atoms with Crippen LogP contribution in [-0.2, 0) is 0 Å². The third-order valence-electron chi connectivity index (χ3n) is 3.17. The van der Waals surface area contributed by atoms with Crippen LogP contribution < -0.4 is 0 Å². The van der Waals surface area contributed by atoms with Gasteiger partial charge in [0.05, 0.1) is 0 Å². The first-order valence-electron chi connectivity index (χ1n) is 5.44. The molecule has 0 heterocycles. The van der Waals surface area contributed by atoms with Crippen LogP contribution >= 0.6 is 0 Å². The van der Waals surface area contributed by atoms with Gasteiger partial charge in [0.15, 0.2) is 5.78 Å². The number of aryl methyl sites for hydroxylation is 2. The quantitative estimate of drug-likeness (QED) is 0.552. The van der Waals surface area contributed by atoms with Crippen molar-refractivity contribution in [3.63, 3.8) is 0 Å². The minimum atomic E-state index is 0.170. The molecule has 0 spiro atoms. The third-order valence-corrected chi connectivity index (χ3v) is 3.17. The van der Waals surface area contributed by atoms with E-state index in [9.17, 15) is 4.79 Å².